The highest BCUT2D eigenvalue weighted by Gasteiger charge is 2.30. The minimum absolute atomic E-state index is 0.0188. The van der Waals surface area contributed by atoms with Crippen LogP contribution in [0.2, 0.25) is 0 Å². The fourth-order valence-electron chi connectivity index (χ4n) is 3.85. The first-order valence-corrected chi connectivity index (χ1v) is 9.57. The van der Waals surface area contributed by atoms with Gasteiger partial charge in [-0.25, -0.2) is 9.97 Å². The molecule has 0 spiro atoms. The van der Waals surface area contributed by atoms with Crippen LogP contribution < -0.4 is 4.90 Å². The normalized spacial score (nSPS) is 20.6. The standard InChI is InChI=1S/C19H29N5O2/c1-14-16(13-20-19(21-14)22(2)3)18(26)24-11-5-4-7-15(24)9-12-23-10-6-8-17(23)25/h13,15H,4-12H2,1-3H3/t15-/m0/s1. The highest BCUT2D eigenvalue weighted by molar-refractivity contribution is 5.95. The van der Waals surface area contributed by atoms with Crippen LogP contribution in [0.1, 0.15) is 54.6 Å². The minimum Gasteiger partial charge on any atom is -0.347 e. The van der Waals surface area contributed by atoms with Crippen LogP contribution in [0, 0.1) is 6.92 Å². The summed E-state index contributed by atoms with van der Waals surface area (Å²) in [4.78, 5) is 39.5. The van der Waals surface area contributed by atoms with E-state index in [2.05, 4.69) is 9.97 Å². The van der Waals surface area contributed by atoms with Crippen LogP contribution in [0.4, 0.5) is 5.95 Å². The molecule has 0 aromatic carbocycles. The molecule has 2 saturated heterocycles. The maximum atomic E-state index is 13.1. The molecule has 0 unspecified atom stereocenters. The van der Waals surface area contributed by atoms with Gasteiger partial charge in [0.25, 0.3) is 5.91 Å². The van der Waals surface area contributed by atoms with Crippen LogP contribution in [-0.4, -0.2) is 71.4 Å². The number of hydrogen-bond acceptors (Lipinski definition) is 5. The van der Waals surface area contributed by atoms with E-state index in [0.717, 1.165) is 51.7 Å². The molecule has 142 valence electrons. The fraction of sp³-hybridized carbons (Fsp3) is 0.684. The summed E-state index contributed by atoms with van der Waals surface area (Å²) in [7, 11) is 3.77. The number of carbonyl (C=O) groups is 2. The van der Waals surface area contributed by atoms with Gasteiger partial charge in [-0.15, -0.1) is 0 Å². The Labute approximate surface area is 155 Å². The molecule has 7 heteroatoms. The predicted octanol–water partition coefficient (Wildman–Crippen LogP) is 1.86. The van der Waals surface area contributed by atoms with Crippen LogP contribution in [0.3, 0.4) is 0 Å². The molecule has 2 amide bonds. The van der Waals surface area contributed by atoms with Gasteiger partial charge >= 0.3 is 0 Å². The van der Waals surface area contributed by atoms with E-state index in [-0.39, 0.29) is 17.9 Å². The topological polar surface area (TPSA) is 69.6 Å². The largest absolute Gasteiger partial charge is 0.347 e. The number of likely N-dealkylation sites (tertiary alicyclic amines) is 2. The molecule has 1 atom stereocenters. The maximum absolute atomic E-state index is 13.1. The number of anilines is 1. The Hall–Kier alpha value is -2.18. The molecule has 0 aliphatic carbocycles. The molecular weight excluding hydrogens is 330 g/mol. The summed E-state index contributed by atoms with van der Waals surface area (Å²) in [6.07, 6.45) is 7.30. The van der Waals surface area contributed by atoms with E-state index >= 15 is 0 Å². The maximum Gasteiger partial charge on any atom is 0.257 e. The second kappa shape index (κ2) is 8.01. The van der Waals surface area contributed by atoms with E-state index in [1.54, 1.807) is 6.20 Å². The predicted molar refractivity (Wildman–Crippen MR) is 100 cm³/mol. The van der Waals surface area contributed by atoms with Crippen molar-refractivity contribution in [2.24, 2.45) is 0 Å². The molecule has 3 heterocycles. The Morgan fingerprint density at radius 3 is 2.73 bits per heavy atom. The van der Waals surface area contributed by atoms with Crippen LogP contribution in [0.5, 0.6) is 0 Å². The monoisotopic (exact) mass is 359 g/mol. The van der Waals surface area contributed by atoms with E-state index in [9.17, 15) is 9.59 Å². The third-order valence-corrected chi connectivity index (χ3v) is 5.39. The lowest BCUT2D eigenvalue weighted by atomic mass is 9.98. The van der Waals surface area contributed by atoms with E-state index < -0.39 is 0 Å². The molecule has 7 nitrogen and oxygen atoms in total. The second-order valence-corrected chi connectivity index (χ2v) is 7.48. The zero-order chi connectivity index (χ0) is 18.7. The minimum atomic E-state index is 0.0188. The number of carbonyl (C=O) groups excluding carboxylic acids is 2. The number of hydrogen-bond donors (Lipinski definition) is 0. The number of aromatic nitrogens is 2. The van der Waals surface area contributed by atoms with Crippen molar-refractivity contribution in [3.05, 3.63) is 17.5 Å². The molecule has 1 aromatic heterocycles. The summed E-state index contributed by atoms with van der Waals surface area (Å²) in [6.45, 7) is 4.25. The zero-order valence-corrected chi connectivity index (χ0v) is 16.1. The number of rotatable bonds is 5. The molecule has 3 rings (SSSR count). The van der Waals surface area contributed by atoms with Gasteiger partial charge in [-0.3, -0.25) is 9.59 Å². The van der Waals surface area contributed by atoms with Gasteiger partial charge in [-0.2, -0.15) is 0 Å². The van der Waals surface area contributed by atoms with E-state index in [1.807, 2.05) is 35.7 Å². The Morgan fingerprint density at radius 2 is 2.08 bits per heavy atom. The highest BCUT2D eigenvalue weighted by atomic mass is 16.2. The second-order valence-electron chi connectivity index (χ2n) is 7.48. The molecule has 0 radical (unpaired) electrons. The lowest BCUT2D eigenvalue weighted by Gasteiger charge is -2.37. The van der Waals surface area contributed by atoms with Crippen LogP contribution in [-0.2, 0) is 4.79 Å². The smallest absolute Gasteiger partial charge is 0.257 e. The average Bonchev–Trinajstić information content (AvgIpc) is 3.04. The first-order valence-electron chi connectivity index (χ1n) is 9.57. The molecular formula is C19H29N5O2. The third-order valence-electron chi connectivity index (χ3n) is 5.39. The van der Waals surface area contributed by atoms with Gasteiger partial charge in [0.1, 0.15) is 0 Å². The summed E-state index contributed by atoms with van der Waals surface area (Å²) < 4.78 is 0. The van der Waals surface area contributed by atoms with Crippen molar-refractivity contribution >= 4 is 17.8 Å². The highest BCUT2D eigenvalue weighted by Crippen LogP contribution is 2.24. The van der Waals surface area contributed by atoms with Crippen molar-refractivity contribution in [2.45, 2.75) is 51.5 Å². The zero-order valence-electron chi connectivity index (χ0n) is 16.1. The first-order chi connectivity index (χ1) is 12.5. The van der Waals surface area contributed by atoms with Crippen LogP contribution >= 0.6 is 0 Å². The van der Waals surface area contributed by atoms with Gasteiger partial charge < -0.3 is 14.7 Å². The summed E-state index contributed by atoms with van der Waals surface area (Å²) in [5, 5.41) is 0. The van der Waals surface area contributed by atoms with E-state index in [0.29, 0.717) is 23.6 Å². The Bertz CT molecular complexity index is 676. The van der Waals surface area contributed by atoms with Gasteiger partial charge in [0.15, 0.2) is 0 Å². The van der Waals surface area contributed by atoms with Crippen molar-refractivity contribution < 1.29 is 9.59 Å². The van der Waals surface area contributed by atoms with Gasteiger partial charge in [0.05, 0.1) is 11.3 Å². The Morgan fingerprint density at radius 1 is 1.27 bits per heavy atom. The quantitative estimate of drug-likeness (QED) is 0.803. The number of aryl methyl sites for hydroxylation is 1. The number of amides is 2. The first kappa shape index (κ1) is 18.6. The van der Waals surface area contributed by atoms with Gasteiger partial charge in [-0.1, -0.05) is 0 Å². The fourth-order valence-corrected chi connectivity index (χ4v) is 3.85. The van der Waals surface area contributed by atoms with Crippen molar-refractivity contribution in [1.29, 1.82) is 0 Å². The molecule has 2 aliphatic heterocycles. The Balaban J connectivity index is 1.70. The summed E-state index contributed by atoms with van der Waals surface area (Å²) >= 11 is 0. The van der Waals surface area contributed by atoms with Gasteiger partial charge in [-0.05, 0) is 39.0 Å². The van der Waals surface area contributed by atoms with Crippen molar-refractivity contribution in [2.75, 3.05) is 38.6 Å². The summed E-state index contributed by atoms with van der Waals surface area (Å²) in [6, 6.07) is 0.192. The lowest BCUT2D eigenvalue weighted by molar-refractivity contribution is -0.127. The summed E-state index contributed by atoms with van der Waals surface area (Å²) in [5.74, 6) is 0.884. The number of piperidine rings is 1. The van der Waals surface area contributed by atoms with E-state index in [1.165, 1.54) is 0 Å². The Kier molecular flexibility index (Phi) is 5.74. The SMILES string of the molecule is Cc1nc(N(C)C)ncc1C(=O)N1CCCC[C@H]1CCN1CCCC1=O. The molecule has 0 saturated carbocycles. The van der Waals surface area contributed by atoms with E-state index in [4.69, 9.17) is 0 Å². The van der Waals surface area contributed by atoms with Crippen molar-refractivity contribution in [1.82, 2.24) is 19.8 Å². The van der Waals surface area contributed by atoms with Crippen molar-refractivity contribution in [3.8, 4) is 0 Å². The van der Waals surface area contributed by atoms with Gasteiger partial charge in [0.2, 0.25) is 11.9 Å². The van der Waals surface area contributed by atoms with Gasteiger partial charge in [0, 0.05) is 52.4 Å². The van der Waals surface area contributed by atoms with Crippen molar-refractivity contribution in [3.63, 3.8) is 0 Å². The number of nitrogens with zero attached hydrogens (tertiary/aromatic N) is 5. The molecule has 1 aromatic rings. The molecule has 2 aliphatic rings. The molecule has 0 N–H and O–H groups in total. The molecule has 2 fully saturated rings. The average molecular weight is 359 g/mol. The lowest BCUT2D eigenvalue weighted by Crippen LogP contribution is -2.45. The molecule has 26 heavy (non-hydrogen) atoms. The van der Waals surface area contributed by atoms with Crippen LogP contribution in [0.15, 0.2) is 6.20 Å². The molecule has 0 bridgehead atoms. The third kappa shape index (κ3) is 3.97. The summed E-state index contributed by atoms with van der Waals surface area (Å²) in [5.41, 5.74) is 1.30. The van der Waals surface area contributed by atoms with Crippen LogP contribution in [0.25, 0.3) is 0 Å².